The average molecular weight is 176 g/mol. The van der Waals surface area contributed by atoms with Crippen LogP contribution < -0.4 is 0 Å². The van der Waals surface area contributed by atoms with Crippen LogP contribution in [-0.4, -0.2) is 33.6 Å². The minimum Gasteiger partial charge on any atom is -0.469 e. The van der Waals surface area contributed by atoms with Crippen molar-refractivity contribution in [2.45, 2.75) is 25.6 Å². The Morgan fingerprint density at radius 3 is 2.25 bits per heavy atom. The number of hydrogen-bond acceptors (Lipinski definition) is 4. The summed E-state index contributed by atoms with van der Waals surface area (Å²) in [6, 6.07) is 0. The van der Waals surface area contributed by atoms with E-state index in [0.717, 1.165) is 6.42 Å². The number of rotatable bonds is 6. The summed E-state index contributed by atoms with van der Waals surface area (Å²) in [5.41, 5.74) is 0. The normalized spacial score (nSPS) is 10.3. The van der Waals surface area contributed by atoms with E-state index in [4.69, 9.17) is 9.47 Å². The van der Waals surface area contributed by atoms with Gasteiger partial charge < -0.3 is 14.2 Å². The van der Waals surface area contributed by atoms with Crippen LogP contribution in [0.1, 0.15) is 19.3 Å². The molecule has 12 heavy (non-hydrogen) atoms. The molecule has 0 saturated heterocycles. The molecule has 0 amide bonds. The monoisotopic (exact) mass is 176 g/mol. The van der Waals surface area contributed by atoms with Crippen molar-refractivity contribution in [3.05, 3.63) is 0 Å². The van der Waals surface area contributed by atoms with Crippen LogP contribution in [0.2, 0.25) is 0 Å². The summed E-state index contributed by atoms with van der Waals surface area (Å²) in [6.07, 6.45) is 1.63. The van der Waals surface area contributed by atoms with Gasteiger partial charge in [-0.3, -0.25) is 4.79 Å². The van der Waals surface area contributed by atoms with E-state index in [1.807, 2.05) is 0 Å². The van der Waals surface area contributed by atoms with Crippen LogP contribution in [-0.2, 0) is 19.0 Å². The molecule has 4 heteroatoms. The highest BCUT2D eigenvalue weighted by Crippen LogP contribution is 2.04. The van der Waals surface area contributed by atoms with Gasteiger partial charge in [-0.2, -0.15) is 0 Å². The van der Waals surface area contributed by atoms with E-state index < -0.39 is 0 Å². The number of esters is 1. The fraction of sp³-hybridized carbons (Fsp3) is 0.875. The summed E-state index contributed by atoms with van der Waals surface area (Å²) in [6.45, 7) is 0. The largest absolute Gasteiger partial charge is 0.469 e. The molecule has 0 atom stereocenters. The molecule has 0 fully saturated rings. The summed E-state index contributed by atoms with van der Waals surface area (Å²) in [4.78, 5) is 10.7. The Kier molecular flexibility index (Phi) is 6.70. The van der Waals surface area contributed by atoms with Crippen LogP contribution in [0, 0.1) is 0 Å². The van der Waals surface area contributed by atoms with Crippen molar-refractivity contribution in [3.8, 4) is 0 Å². The summed E-state index contributed by atoms with van der Waals surface area (Å²) in [7, 11) is 4.53. The highest BCUT2D eigenvalue weighted by atomic mass is 16.7. The number of carbonyl (C=O) groups excluding carboxylic acids is 1. The third-order valence-electron chi connectivity index (χ3n) is 1.57. The lowest BCUT2D eigenvalue weighted by atomic mass is 10.2. The van der Waals surface area contributed by atoms with E-state index in [1.54, 1.807) is 14.2 Å². The predicted molar refractivity (Wildman–Crippen MR) is 43.7 cm³/mol. The maximum atomic E-state index is 10.7. The van der Waals surface area contributed by atoms with Gasteiger partial charge in [0.1, 0.15) is 0 Å². The van der Waals surface area contributed by atoms with Crippen molar-refractivity contribution < 1.29 is 19.0 Å². The molecule has 0 heterocycles. The van der Waals surface area contributed by atoms with Gasteiger partial charge >= 0.3 is 5.97 Å². The molecule has 4 nitrogen and oxygen atoms in total. The molecule has 0 aliphatic heterocycles. The second kappa shape index (κ2) is 7.06. The van der Waals surface area contributed by atoms with Gasteiger partial charge in [0.15, 0.2) is 6.29 Å². The number of ether oxygens (including phenoxy) is 3. The molecule has 0 rings (SSSR count). The molecule has 0 aliphatic carbocycles. The first kappa shape index (κ1) is 11.4. The average Bonchev–Trinajstić information content (AvgIpc) is 2.12. The highest BCUT2D eigenvalue weighted by Gasteiger charge is 2.06. The molecule has 0 aromatic heterocycles. The van der Waals surface area contributed by atoms with Crippen LogP contribution in [0.5, 0.6) is 0 Å². The van der Waals surface area contributed by atoms with Crippen LogP contribution in [0.4, 0.5) is 0 Å². The van der Waals surface area contributed by atoms with Crippen molar-refractivity contribution >= 4 is 5.97 Å². The second-order valence-electron chi connectivity index (χ2n) is 2.37. The maximum Gasteiger partial charge on any atom is 0.305 e. The summed E-state index contributed by atoms with van der Waals surface area (Å²) < 4.78 is 14.4. The van der Waals surface area contributed by atoms with E-state index in [0.29, 0.717) is 12.8 Å². The fourth-order valence-electron chi connectivity index (χ4n) is 0.847. The van der Waals surface area contributed by atoms with Gasteiger partial charge in [0.25, 0.3) is 0 Å². The summed E-state index contributed by atoms with van der Waals surface area (Å²) >= 11 is 0. The van der Waals surface area contributed by atoms with Crippen molar-refractivity contribution in [2.75, 3.05) is 21.3 Å². The van der Waals surface area contributed by atoms with Gasteiger partial charge in [-0.25, -0.2) is 0 Å². The van der Waals surface area contributed by atoms with Crippen LogP contribution >= 0.6 is 0 Å². The van der Waals surface area contributed by atoms with Gasteiger partial charge in [-0.15, -0.1) is 0 Å². The summed E-state index contributed by atoms with van der Waals surface area (Å²) in [5.74, 6) is -0.194. The van der Waals surface area contributed by atoms with Gasteiger partial charge in [-0.05, 0) is 12.8 Å². The molecule has 0 aromatic carbocycles. The third-order valence-corrected chi connectivity index (χ3v) is 1.57. The van der Waals surface area contributed by atoms with Gasteiger partial charge in [0.05, 0.1) is 7.11 Å². The van der Waals surface area contributed by atoms with E-state index in [2.05, 4.69) is 4.74 Å². The molecule has 0 spiro atoms. The molecule has 0 saturated carbocycles. The molecule has 0 aromatic rings. The SMILES string of the molecule is COC(=O)CCCC(OC)OC. The smallest absolute Gasteiger partial charge is 0.305 e. The van der Waals surface area contributed by atoms with E-state index in [9.17, 15) is 4.79 Å². The number of hydrogen-bond donors (Lipinski definition) is 0. The topological polar surface area (TPSA) is 44.8 Å². The Labute approximate surface area is 72.8 Å². The zero-order chi connectivity index (χ0) is 9.40. The first-order valence-corrected chi connectivity index (χ1v) is 3.87. The van der Waals surface area contributed by atoms with Crippen LogP contribution in [0.3, 0.4) is 0 Å². The zero-order valence-corrected chi connectivity index (χ0v) is 7.83. The lowest BCUT2D eigenvalue weighted by Crippen LogP contribution is -2.13. The van der Waals surface area contributed by atoms with Crippen molar-refractivity contribution in [1.82, 2.24) is 0 Å². The molecule has 72 valence electrons. The first-order valence-electron chi connectivity index (χ1n) is 3.87. The van der Waals surface area contributed by atoms with Gasteiger partial charge in [-0.1, -0.05) is 0 Å². The first-order chi connectivity index (χ1) is 5.74. The van der Waals surface area contributed by atoms with Crippen molar-refractivity contribution in [3.63, 3.8) is 0 Å². The predicted octanol–water partition coefficient (Wildman–Crippen LogP) is 0.949. The summed E-state index contributed by atoms with van der Waals surface area (Å²) in [5, 5.41) is 0. The lowest BCUT2D eigenvalue weighted by molar-refractivity contribution is -0.141. The van der Waals surface area contributed by atoms with Crippen LogP contribution in [0.25, 0.3) is 0 Å². The second-order valence-corrected chi connectivity index (χ2v) is 2.37. The number of carbonyl (C=O) groups is 1. The maximum absolute atomic E-state index is 10.7. The molecular formula is C8H16O4. The van der Waals surface area contributed by atoms with E-state index in [-0.39, 0.29) is 12.3 Å². The molecule has 0 bridgehead atoms. The quantitative estimate of drug-likeness (QED) is 0.446. The Hall–Kier alpha value is -0.610. The molecule has 0 N–H and O–H groups in total. The fourth-order valence-corrected chi connectivity index (χ4v) is 0.847. The molecular weight excluding hydrogens is 160 g/mol. The Morgan fingerprint density at radius 2 is 1.83 bits per heavy atom. The number of methoxy groups -OCH3 is 3. The molecule has 0 aliphatic rings. The minimum atomic E-state index is -0.213. The van der Waals surface area contributed by atoms with Crippen molar-refractivity contribution in [2.24, 2.45) is 0 Å². The standard InChI is InChI=1S/C8H16O4/c1-10-7(9)5-4-6-8(11-2)12-3/h8H,4-6H2,1-3H3. The Balaban J connectivity index is 3.34. The Bertz CT molecular complexity index is 120. The van der Waals surface area contributed by atoms with Gasteiger partial charge in [0.2, 0.25) is 0 Å². The minimum absolute atomic E-state index is 0.194. The van der Waals surface area contributed by atoms with E-state index in [1.165, 1.54) is 7.11 Å². The van der Waals surface area contributed by atoms with Gasteiger partial charge in [0, 0.05) is 20.6 Å². The van der Waals surface area contributed by atoms with E-state index >= 15 is 0 Å². The lowest BCUT2D eigenvalue weighted by Gasteiger charge is -2.11. The highest BCUT2D eigenvalue weighted by molar-refractivity contribution is 5.68. The molecule has 0 radical (unpaired) electrons. The zero-order valence-electron chi connectivity index (χ0n) is 7.83. The molecule has 0 unspecified atom stereocenters. The third kappa shape index (κ3) is 5.09. The van der Waals surface area contributed by atoms with Crippen LogP contribution in [0.15, 0.2) is 0 Å². The Morgan fingerprint density at radius 1 is 1.25 bits per heavy atom. The van der Waals surface area contributed by atoms with Crippen molar-refractivity contribution in [1.29, 1.82) is 0 Å².